The second-order valence-electron chi connectivity index (χ2n) is 3.95. The lowest BCUT2D eigenvalue weighted by molar-refractivity contribution is -0.185. The molecule has 13 heavy (non-hydrogen) atoms. The lowest BCUT2D eigenvalue weighted by Crippen LogP contribution is -2.42. The molecular formula is C9H16F3N. The zero-order valence-corrected chi connectivity index (χ0v) is 8.06. The lowest BCUT2D eigenvalue weighted by Gasteiger charge is -2.35. The molecular weight excluding hydrogens is 179 g/mol. The quantitative estimate of drug-likeness (QED) is 0.621. The molecule has 0 aromatic heterocycles. The molecule has 0 spiro atoms. The van der Waals surface area contributed by atoms with Gasteiger partial charge in [0.05, 0.1) is 5.92 Å². The molecule has 0 atom stereocenters. The Labute approximate surface area is 76.9 Å². The van der Waals surface area contributed by atoms with E-state index in [1.54, 1.807) is 0 Å². The second kappa shape index (κ2) is 3.86. The van der Waals surface area contributed by atoms with E-state index in [1.165, 1.54) is 0 Å². The number of piperidine rings is 1. The highest BCUT2D eigenvalue weighted by molar-refractivity contribution is 4.78. The molecule has 1 heterocycles. The van der Waals surface area contributed by atoms with Crippen LogP contribution < -0.4 is 0 Å². The van der Waals surface area contributed by atoms with Crippen LogP contribution in [0.1, 0.15) is 26.7 Å². The Balaban J connectivity index is 2.39. The van der Waals surface area contributed by atoms with E-state index in [1.807, 2.05) is 13.8 Å². The van der Waals surface area contributed by atoms with Gasteiger partial charge in [-0.3, -0.25) is 0 Å². The largest absolute Gasteiger partial charge is 0.391 e. The van der Waals surface area contributed by atoms with Crippen molar-refractivity contribution in [3.05, 3.63) is 0 Å². The molecule has 1 aliphatic heterocycles. The average molecular weight is 195 g/mol. The summed E-state index contributed by atoms with van der Waals surface area (Å²) in [5.74, 6) is -1.07. The minimum Gasteiger partial charge on any atom is -0.301 e. The van der Waals surface area contributed by atoms with E-state index in [0.717, 1.165) is 0 Å². The highest BCUT2D eigenvalue weighted by Crippen LogP contribution is 2.34. The van der Waals surface area contributed by atoms with Gasteiger partial charge in [-0.2, -0.15) is 13.2 Å². The van der Waals surface area contributed by atoms with Crippen LogP contribution in [0.2, 0.25) is 0 Å². The van der Waals surface area contributed by atoms with Crippen LogP contribution >= 0.6 is 0 Å². The highest BCUT2D eigenvalue weighted by Gasteiger charge is 2.41. The predicted octanol–water partition coefficient (Wildman–Crippen LogP) is 2.67. The van der Waals surface area contributed by atoms with Crippen molar-refractivity contribution in [1.29, 1.82) is 0 Å². The minimum absolute atomic E-state index is 0.266. The van der Waals surface area contributed by atoms with Crippen molar-refractivity contribution in [1.82, 2.24) is 4.90 Å². The Hall–Kier alpha value is -0.250. The standard InChI is InChI=1S/C9H16F3N/c1-7(2)13-5-3-8(4-6-13)9(10,11)12/h7-8H,3-6H2,1-2H3. The summed E-state index contributed by atoms with van der Waals surface area (Å²) in [4.78, 5) is 2.10. The SMILES string of the molecule is CC(C)N1CCC(C(F)(F)F)CC1. The zero-order chi connectivity index (χ0) is 10.1. The van der Waals surface area contributed by atoms with E-state index in [2.05, 4.69) is 4.90 Å². The predicted molar refractivity (Wildman–Crippen MR) is 45.5 cm³/mol. The molecule has 0 saturated carbocycles. The smallest absolute Gasteiger partial charge is 0.301 e. The summed E-state index contributed by atoms with van der Waals surface area (Å²) in [6, 6.07) is 0.370. The number of nitrogens with zero attached hydrogens (tertiary/aromatic N) is 1. The Morgan fingerprint density at radius 1 is 1.15 bits per heavy atom. The fourth-order valence-electron chi connectivity index (χ4n) is 1.74. The lowest BCUT2D eigenvalue weighted by atomic mass is 9.95. The van der Waals surface area contributed by atoms with Gasteiger partial charge >= 0.3 is 6.18 Å². The van der Waals surface area contributed by atoms with Crippen LogP contribution in [0.25, 0.3) is 0 Å². The maximum Gasteiger partial charge on any atom is 0.391 e. The molecule has 1 nitrogen and oxygen atoms in total. The highest BCUT2D eigenvalue weighted by atomic mass is 19.4. The molecule has 0 bridgehead atoms. The van der Waals surface area contributed by atoms with Gasteiger partial charge < -0.3 is 4.90 Å². The first-order valence-electron chi connectivity index (χ1n) is 4.72. The summed E-state index contributed by atoms with van der Waals surface area (Å²) in [5, 5.41) is 0. The molecule has 78 valence electrons. The van der Waals surface area contributed by atoms with Crippen molar-refractivity contribution in [2.45, 2.75) is 38.9 Å². The monoisotopic (exact) mass is 195 g/mol. The van der Waals surface area contributed by atoms with Crippen molar-refractivity contribution in [3.8, 4) is 0 Å². The molecule has 0 amide bonds. The van der Waals surface area contributed by atoms with E-state index >= 15 is 0 Å². The van der Waals surface area contributed by atoms with Crippen LogP contribution in [0.15, 0.2) is 0 Å². The van der Waals surface area contributed by atoms with Gasteiger partial charge in [0.15, 0.2) is 0 Å². The first-order valence-corrected chi connectivity index (χ1v) is 4.72. The van der Waals surface area contributed by atoms with Crippen LogP contribution in [0, 0.1) is 5.92 Å². The molecule has 4 heteroatoms. The van der Waals surface area contributed by atoms with Crippen LogP contribution in [-0.2, 0) is 0 Å². The van der Waals surface area contributed by atoms with Gasteiger partial charge in [-0.15, -0.1) is 0 Å². The van der Waals surface area contributed by atoms with E-state index in [9.17, 15) is 13.2 Å². The molecule has 1 fully saturated rings. The number of hydrogen-bond acceptors (Lipinski definition) is 1. The molecule has 0 radical (unpaired) electrons. The Morgan fingerprint density at radius 2 is 1.62 bits per heavy atom. The zero-order valence-electron chi connectivity index (χ0n) is 8.06. The molecule has 0 aromatic rings. The fraction of sp³-hybridized carbons (Fsp3) is 1.00. The first-order chi connectivity index (χ1) is 5.91. The molecule has 1 aliphatic rings. The third kappa shape index (κ3) is 2.86. The van der Waals surface area contributed by atoms with Gasteiger partial charge in [-0.1, -0.05) is 0 Å². The van der Waals surface area contributed by atoms with Crippen LogP contribution in [-0.4, -0.2) is 30.2 Å². The normalized spacial score (nSPS) is 22.6. The summed E-state index contributed by atoms with van der Waals surface area (Å²) in [6.07, 6.45) is -3.45. The summed E-state index contributed by atoms with van der Waals surface area (Å²) >= 11 is 0. The number of halogens is 3. The minimum atomic E-state index is -3.98. The topological polar surface area (TPSA) is 3.24 Å². The van der Waals surface area contributed by atoms with Crippen LogP contribution in [0.5, 0.6) is 0 Å². The first kappa shape index (κ1) is 10.8. The van der Waals surface area contributed by atoms with Crippen LogP contribution in [0.3, 0.4) is 0 Å². The third-order valence-corrected chi connectivity index (χ3v) is 2.72. The molecule has 1 rings (SSSR count). The van der Waals surface area contributed by atoms with Crippen LogP contribution in [0.4, 0.5) is 13.2 Å². The Kier molecular flexibility index (Phi) is 3.22. The van der Waals surface area contributed by atoms with E-state index in [0.29, 0.717) is 19.1 Å². The van der Waals surface area contributed by atoms with E-state index < -0.39 is 12.1 Å². The third-order valence-electron chi connectivity index (χ3n) is 2.72. The number of hydrogen-bond donors (Lipinski definition) is 0. The van der Waals surface area contributed by atoms with Gasteiger partial charge in [-0.05, 0) is 39.8 Å². The number of likely N-dealkylation sites (tertiary alicyclic amines) is 1. The Morgan fingerprint density at radius 3 is 1.92 bits per heavy atom. The second-order valence-corrected chi connectivity index (χ2v) is 3.95. The van der Waals surface area contributed by atoms with Gasteiger partial charge in [0, 0.05) is 6.04 Å². The molecule has 0 unspecified atom stereocenters. The summed E-state index contributed by atoms with van der Waals surface area (Å²) in [5.41, 5.74) is 0. The van der Waals surface area contributed by atoms with Gasteiger partial charge in [-0.25, -0.2) is 0 Å². The van der Waals surface area contributed by atoms with Crippen molar-refractivity contribution in [2.24, 2.45) is 5.92 Å². The molecule has 1 saturated heterocycles. The fourth-order valence-corrected chi connectivity index (χ4v) is 1.74. The van der Waals surface area contributed by atoms with Crippen molar-refractivity contribution in [3.63, 3.8) is 0 Å². The van der Waals surface area contributed by atoms with Gasteiger partial charge in [0.2, 0.25) is 0 Å². The number of rotatable bonds is 1. The van der Waals surface area contributed by atoms with Crippen molar-refractivity contribution < 1.29 is 13.2 Å². The molecule has 0 N–H and O–H groups in total. The van der Waals surface area contributed by atoms with E-state index in [-0.39, 0.29) is 12.8 Å². The number of alkyl halides is 3. The molecule has 0 aliphatic carbocycles. The maximum atomic E-state index is 12.3. The van der Waals surface area contributed by atoms with Gasteiger partial charge in [0.1, 0.15) is 0 Å². The van der Waals surface area contributed by atoms with E-state index in [4.69, 9.17) is 0 Å². The van der Waals surface area contributed by atoms with Gasteiger partial charge in [0.25, 0.3) is 0 Å². The summed E-state index contributed by atoms with van der Waals surface area (Å²) in [7, 11) is 0. The average Bonchev–Trinajstić information content (AvgIpc) is 2.03. The summed E-state index contributed by atoms with van der Waals surface area (Å²) in [6.45, 7) is 5.21. The summed E-state index contributed by atoms with van der Waals surface area (Å²) < 4.78 is 36.8. The maximum absolute atomic E-state index is 12.3. The molecule has 0 aromatic carbocycles. The van der Waals surface area contributed by atoms with Crippen molar-refractivity contribution in [2.75, 3.05) is 13.1 Å². The van der Waals surface area contributed by atoms with Crippen molar-refractivity contribution >= 4 is 0 Å². The Bertz CT molecular complexity index is 157.